The van der Waals surface area contributed by atoms with Crippen molar-refractivity contribution in [2.75, 3.05) is 6.61 Å². The number of hydrogen-bond acceptors (Lipinski definition) is 3. The Balaban J connectivity index is 1.74. The van der Waals surface area contributed by atoms with Crippen molar-refractivity contribution in [1.29, 1.82) is 0 Å². The maximum atomic E-state index is 13.5. The maximum absolute atomic E-state index is 13.5. The molecule has 2 aromatic carbocycles. The van der Waals surface area contributed by atoms with Gasteiger partial charge >= 0.3 is 0 Å². The molecular weight excluding hydrogens is 364 g/mol. The van der Waals surface area contributed by atoms with Crippen molar-refractivity contribution in [1.82, 2.24) is 9.47 Å². The van der Waals surface area contributed by atoms with Gasteiger partial charge in [0.1, 0.15) is 11.3 Å². The fourth-order valence-corrected chi connectivity index (χ4v) is 3.78. The summed E-state index contributed by atoms with van der Waals surface area (Å²) in [4.78, 5) is 28.5. The quantitative estimate of drug-likeness (QED) is 0.638. The smallest absolute Gasteiger partial charge is 0.259 e. The second kappa shape index (κ2) is 7.74. The number of aromatic nitrogens is 1. The highest BCUT2D eigenvalue weighted by molar-refractivity contribution is 5.97. The monoisotopic (exact) mass is 390 g/mol. The van der Waals surface area contributed by atoms with Gasteiger partial charge in [-0.25, -0.2) is 0 Å². The van der Waals surface area contributed by atoms with Crippen LogP contribution in [0, 0.1) is 6.92 Å². The van der Waals surface area contributed by atoms with Crippen LogP contribution >= 0.6 is 0 Å². The standard InChI is InChI=1S/C24H26N2O3/c1-4-29-22-8-6-5-7-17(22)14-26(18-10-11-18)24(28)20-15-25(3)21-12-9-16(2)13-19(21)23(20)27/h5-9,12-13,15,18H,4,10-11,14H2,1-3H3. The van der Waals surface area contributed by atoms with E-state index in [0.717, 1.165) is 35.2 Å². The Bertz CT molecular complexity index is 1130. The fraction of sp³-hybridized carbons (Fsp3) is 0.333. The minimum absolute atomic E-state index is 0.176. The second-order valence-corrected chi connectivity index (χ2v) is 7.71. The van der Waals surface area contributed by atoms with Crippen LogP contribution < -0.4 is 10.2 Å². The predicted molar refractivity (Wildman–Crippen MR) is 114 cm³/mol. The third-order valence-electron chi connectivity index (χ3n) is 5.44. The summed E-state index contributed by atoms with van der Waals surface area (Å²) in [5.41, 5.74) is 2.82. The molecule has 1 heterocycles. The van der Waals surface area contributed by atoms with Gasteiger partial charge in [-0.1, -0.05) is 29.8 Å². The zero-order chi connectivity index (χ0) is 20.5. The highest BCUT2D eigenvalue weighted by Crippen LogP contribution is 2.31. The topological polar surface area (TPSA) is 51.5 Å². The normalized spacial score (nSPS) is 13.5. The number of fused-ring (bicyclic) bond motifs is 1. The average Bonchev–Trinajstić information content (AvgIpc) is 3.55. The first-order valence-electron chi connectivity index (χ1n) is 10.1. The van der Waals surface area contributed by atoms with Gasteiger partial charge in [0.15, 0.2) is 0 Å². The Morgan fingerprint density at radius 1 is 1.21 bits per heavy atom. The van der Waals surface area contributed by atoms with Gasteiger partial charge in [0.25, 0.3) is 5.91 Å². The number of amides is 1. The Morgan fingerprint density at radius 3 is 2.69 bits per heavy atom. The molecule has 0 unspecified atom stereocenters. The molecule has 0 N–H and O–H groups in total. The van der Waals surface area contributed by atoms with E-state index < -0.39 is 0 Å². The van der Waals surface area contributed by atoms with Crippen LogP contribution in [0.1, 0.15) is 41.3 Å². The number of nitrogens with zero attached hydrogens (tertiary/aromatic N) is 2. The third kappa shape index (κ3) is 3.77. The molecule has 0 atom stereocenters. The molecule has 0 radical (unpaired) electrons. The number of pyridine rings is 1. The van der Waals surface area contributed by atoms with E-state index in [4.69, 9.17) is 4.74 Å². The van der Waals surface area contributed by atoms with Crippen molar-refractivity contribution in [2.24, 2.45) is 7.05 Å². The molecule has 3 aromatic rings. The molecule has 1 fully saturated rings. The minimum Gasteiger partial charge on any atom is -0.494 e. The largest absolute Gasteiger partial charge is 0.494 e. The number of benzene rings is 2. The lowest BCUT2D eigenvalue weighted by Gasteiger charge is -2.24. The van der Waals surface area contributed by atoms with E-state index in [9.17, 15) is 9.59 Å². The Morgan fingerprint density at radius 2 is 1.97 bits per heavy atom. The Labute approximate surface area is 170 Å². The van der Waals surface area contributed by atoms with Gasteiger partial charge in [-0.15, -0.1) is 0 Å². The molecule has 0 saturated heterocycles. The molecule has 1 saturated carbocycles. The van der Waals surface area contributed by atoms with E-state index in [2.05, 4.69) is 0 Å². The van der Waals surface area contributed by atoms with Crippen molar-refractivity contribution in [3.8, 4) is 5.75 Å². The fourth-order valence-electron chi connectivity index (χ4n) is 3.78. The number of carbonyl (C=O) groups excluding carboxylic acids is 1. The molecule has 0 spiro atoms. The van der Waals surface area contributed by atoms with E-state index in [-0.39, 0.29) is 22.9 Å². The van der Waals surface area contributed by atoms with Crippen molar-refractivity contribution >= 4 is 16.8 Å². The van der Waals surface area contributed by atoms with Crippen LogP contribution in [-0.4, -0.2) is 28.0 Å². The van der Waals surface area contributed by atoms with E-state index in [1.807, 2.05) is 72.8 Å². The summed E-state index contributed by atoms with van der Waals surface area (Å²) in [6, 6.07) is 13.7. The molecule has 5 nitrogen and oxygen atoms in total. The van der Waals surface area contributed by atoms with E-state index in [1.165, 1.54) is 0 Å². The van der Waals surface area contributed by atoms with E-state index in [0.29, 0.717) is 18.5 Å². The zero-order valence-corrected chi connectivity index (χ0v) is 17.1. The Hall–Kier alpha value is -3.08. The summed E-state index contributed by atoms with van der Waals surface area (Å²) >= 11 is 0. The van der Waals surface area contributed by atoms with Gasteiger partial charge in [0.05, 0.1) is 12.1 Å². The van der Waals surface area contributed by atoms with E-state index >= 15 is 0 Å². The lowest BCUT2D eigenvalue weighted by molar-refractivity contribution is 0.0726. The van der Waals surface area contributed by atoms with E-state index in [1.54, 1.807) is 6.20 Å². The highest BCUT2D eigenvalue weighted by Gasteiger charge is 2.34. The van der Waals surface area contributed by atoms with Crippen LogP contribution in [0.4, 0.5) is 0 Å². The summed E-state index contributed by atoms with van der Waals surface area (Å²) in [7, 11) is 1.87. The second-order valence-electron chi connectivity index (χ2n) is 7.71. The summed E-state index contributed by atoms with van der Waals surface area (Å²) in [6.07, 6.45) is 3.61. The van der Waals surface area contributed by atoms with Crippen molar-refractivity contribution in [2.45, 2.75) is 39.3 Å². The van der Waals surface area contributed by atoms with Gasteiger partial charge in [-0.2, -0.15) is 0 Å². The van der Waals surface area contributed by atoms with Crippen molar-refractivity contribution < 1.29 is 9.53 Å². The molecule has 29 heavy (non-hydrogen) atoms. The molecule has 0 aliphatic heterocycles. The average molecular weight is 390 g/mol. The predicted octanol–water partition coefficient (Wildman–Crippen LogP) is 4.05. The van der Waals surface area contributed by atoms with Crippen LogP contribution in [-0.2, 0) is 13.6 Å². The summed E-state index contributed by atoms with van der Waals surface area (Å²) in [5.74, 6) is 0.582. The molecular formula is C24H26N2O3. The van der Waals surface area contributed by atoms with Crippen LogP contribution in [0.15, 0.2) is 53.5 Å². The minimum atomic E-state index is -0.206. The van der Waals surface area contributed by atoms with Gasteiger partial charge in [-0.05, 0) is 44.9 Å². The SMILES string of the molecule is CCOc1ccccc1CN(C(=O)c1cn(C)c2ccc(C)cc2c1=O)C1CC1. The molecule has 150 valence electrons. The maximum Gasteiger partial charge on any atom is 0.259 e. The Kier molecular flexibility index (Phi) is 5.14. The highest BCUT2D eigenvalue weighted by atomic mass is 16.5. The lowest BCUT2D eigenvalue weighted by Crippen LogP contribution is -2.36. The van der Waals surface area contributed by atoms with Crippen LogP contribution in [0.3, 0.4) is 0 Å². The lowest BCUT2D eigenvalue weighted by atomic mass is 10.1. The molecule has 1 aromatic heterocycles. The number of rotatable bonds is 6. The third-order valence-corrected chi connectivity index (χ3v) is 5.44. The first-order chi connectivity index (χ1) is 14.0. The number of para-hydroxylation sites is 1. The number of carbonyl (C=O) groups is 1. The van der Waals surface area contributed by atoms with Gasteiger partial charge in [0, 0.05) is 36.8 Å². The first-order valence-corrected chi connectivity index (χ1v) is 10.1. The van der Waals surface area contributed by atoms with Crippen LogP contribution in [0.25, 0.3) is 10.9 Å². The first kappa shape index (κ1) is 19.2. The number of aryl methyl sites for hydroxylation is 2. The van der Waals surface area contributed by atoms with Crippen molar-refractivity contribution in [3.63, 3.8) is 0 Å². The summed E-state index contributed by atoms with van der Waals surface area (Å²) in [5, 5.41) is 0.587. The molecule has 0 bridgehead atoms. The van der Waals surface area contributed by atoms with Gasteiger partial charge < -0.3 is 14.2 Å². The molecule has 1 amide bonds. The summed E-state index contributed by atoms with van der Waals surface area (Å²) in [6.45, 7) is 4.91. The van der Waals surface area contributed by atoms with Crippen LogP contribution in [0.5, 0.6) is 5.75 Å². The molecule has 4 rings (SSSR count). The molecule has 1 aliphatic carbocycles. The molecule has 5 heteroatoms. The zero-order valence-electron chi connectivity index (χ0n) is 17.1. The summed E-state index contributed by atoms with van der Waals surface area (Å²) < 4.78 is 7.60. The van der Waals surface area contributed by atoms with Crippen molar-refractivity contribution in [3.05, 3.63) is 75.6 Å². The molecule has 1 aliphatic rings. The van der Waals surface area contributed by atoms with Gasteiger partial charge in [-0.3, -0.25) is 9.59 Å². The number of ether oxygens (including phenoxy) is 1. The number of hydrogen-bond donors (Lipinski definition) is 0. The van der Waals surface area contributed by atoms with Gasteiger partial charge in [0.2, 0.25) is 5.43 Å². The van der Waals surface area contributed by atoms with Crippen LogP contribution in [0.2, 0.25) is 0 Å².